The summed E-state index contributed by atoms with van der Waals surface area (Å²) < 4.78 is 26.2. The second-order valence-electron chi connectivity index (χ2n) is 4.04. The van der Waals surface area contributed by atoms with Gasteiger partial charge in [0.2, 0.25) is 0 Å². The molecule has 2 aromatic rings. The van der Waals surface area contributed by atoms with E-state index in [0.717, 1.165) is 6.07 Å². The Balaban J connectivity index is 2.17. The van der Waals surface area contributed by atoms with Crippen LogP contribution in [-0.4, -0.2) is 17.4 Å². The van der Waals surface area contributed by atoms with Gasteiger partial charge in [0.25, 0.3) is 5.91 Å². The van der Waals surface area contributed by atoms with Gasteiger partial charge in [0.15, 0.2) is 0 Å². The maximum absolute atomic E-state index is 13.4. The minimum atomic E-state index is -0.820. The summed E-state index contributed by atoms with van der Waals surface area (Å²) in [4.78, 5) is 16.0. The molecule has 0 bridgehead atoms. The molecule has 20 heavy (non-hydrogen) atoms. The van der Waals surface area contributed by atoms with Gasteiger partial charge in [-0.15, -0.1) is 0 Å². The van der Waals surface area contributed by atoms with E-state index >= 15 is 0 Å². The smallest absolute Gasteiger partial charge is 0.255 e. The zero-order valence-electron chi connectivity index (χ0n) is 10.8. The Kier molecular flexibility index (Phi) is 4.24. The van der Waals surface area contributed by atoms with Gasteiger partial charge in [-0.3, -0.25) is 4.79 Å². The number of carbonyl (C=O) groups excluding carboxylic acids is 1. The summed E-state index contributed by atoms with van der Waals surface area (Å²) in [7, 11) is 0. The molecule has 0 aliphatic carbocycles. The lowest BCUT2D eigenvalue weighted by Crippen LogP contribution is -2.14. The van der Waals surface area contributed by atoms with Crippen molar-refractivity contribution >= 4 is 17.4 Å². The number of nitrogens with zero attached hydrogens (tertiary/aromatic N) is 1. The standard InChI is InChI=1S/C14H13F2N3O/c1-2-17-13-7-9(5-6-18-13)14(20)19-12-4-3-10(15)8-11(12)16/h3-8H,2H2,1H3,(H,17,18)(H,19,20). The number of hydrogen-bond donors (Lipinski definition) is 2. The van der Waals surface area contributed by atoms with Crippen molar-refractivity contribution in [1.82, 2.24) is 4.98 Å². The first-order chi connectivity index (χ1) is 9.60. The van der Waals surface area contributed by atoms with E-state index < -0.39 is 17.5 Å². The van der Waals surface area contributed by atoms with Gasteiger partial charge < -0.3 is 10.6 Å². The summed E-state index contributed by atoms with van der Waals surface area (Å²) in [6, 6.07) is 6.04. The molecule has 4 nitrogen and oxygen atoms in total. The summed E-state index contributed by atoms with van der Waals surface area (Å²) in [6.45, 7) is 2.58. The van der Waals surface area contributed by atoms with Gasteiger partial charge in [-0.25, -0.2) is 13.8 Å². The molecule has 0 spiro atoms. The van der Waals surface area contributed by atoms with E-state index in [4.69, 9.17) is 0 Å². The molecule has 0 radical (unpaired) electrons. The molecular weight excluding hydrogens is 264 g/mol. The number of amides is 1. The predicted molar refractivity (Wildman–Crippen MR) is 72.7 cm³/mol. The highest BCUT2D eigenvalue weighted by Gasteiger charge is 2.10. The molecule has 0 atom stereocenters. The van der Waals surface area contributed by atoms with E-state index in [1.165, 1.54) is 18.3 Å². The molecule has 0 fully saturated rings. The average molecular weight is 277 g/mol. The van der Waals surface area contributed by atoms with Crippen molar-refractivity contribution in [2.75, 3.05) is 17.2 Å². The van der Waals surface area contributed by atoms with E-state index in [1.807, 2.05) is 6.92 Å². The molecule has 1 heterocycles. The van der Waals surface area contributed by atoms with E-state index in [-0.39, 0.29) is 5.69 Å². The molecule has 0 saturated heterocycles. The molecule has 2 rings (SSSR count). The lowest BCUT2D eigenvalue weighted by atomic mass is 10.2. The number of hydrogen-bond acceptors (Lipinski definition) is 3. The number of rotatable bonds is 4. The third kappa shape index (κ3) is 3.28. The predicted octanol–water partition coefficient (Wildman–Crippen LogP) is 3.04. The highest BCUT2D eigenvalue weighted by Crippen LogP contribution is 2.16. The monoisotopic (exact) mass is 277 g/mol. The van der Waals surface area contributed by atoms with Gasteiger partial charge in [-0.1, -0.05) is 0 Å². The zero-order chi connectivity index (χ0) is 14.5. The zero-order valence-corrected chi connectivity index (χ0v) is 10.8. The van der Waals surface area contributed by atoms with Gasteiger partial charge >= 0.3 is 0 Å². The Morgan fingerprint density at radius 3 is 2.75 bits per heavy atom. The highest BCUT2D eigenvalue weighted by atomic mass is 19.1. The van der Waals surface area contributed by atoms with Crippen LogP contribution in [0.25, 0.3) is 0 Å². The Labute approximate surface area is 114 Å². The Bertz CT molecular complexity index is 632. The number of aromatic nitrogens is 1. The van der Waals surface area contributed by atoms with E-state index in [0.29, 0.717) is 24.0 Å². The molecule has 1 amide bonds. The quantitative estimate of drug-likeness (QED) is 0.903. The highest BCUT2D eigenvalue weighted by molar-refractivity contribution is 6.04. The minimum Gasteiger partial charge on any atom is -0.370 e. The van der Waals surface area contributed by atoms with Crippen LogP contribution < -0.4 is 10.6 Å². The summed E-state index contributed by atoms with van der Waals surface area (Å²) in [5, 5.41) is 5.36. The first-order valence-corrected chi connectivity index (χ1v) is 6.06. The van der Waals surface area contributed by atoms with Crippen LogP contribution in [0.4, 0.5) is 20.3 Å². The molecule has 0 aliphatic rings. The molecule has 0 unspecified atom stereocenters. The molecule has 2 N–H and O–H groups in total. The van der Waals surface area contributed by atoms with Crippen LogP contribution in [-0.2, 0) is 0 Å². The first kappa shape index (κ1) is 13.9. The van der Waals surface area contributed by atoms with E-state index in [1.54, 1.807) is 6.07 Å². The van der Waals surface area contributed by atoms with Crippen molar-refractivity contribution in [1.29, 1.82) is 0 Å². The van der Waals surface area contributed by atoms with Crippen LogP contribution in [0.2, 0.25) is 0 Å². The summed E-state index contributed by atoms with van der Waals surface area (Å²) >= 11 is 0. The van der Waals surface area contributed by atoms with Crippen molar-refractivity contribution in [3.05, 3.63) is 53.7 Å². The van der Waals surface area contributed by atoms with Crippen LogP contribution in [0.5, 0.6) is 0 Å². The number of pyridine rings is 1. The minimum absolute atomic E-state index is 0.0711. The molecule has 0 aliphatic heterocycles. The van der Waals surface area contributed by atoms with Crippen molar-refractivity contribution in [2.24, 2.45) is 0 Å². The Morgan fingerprint density at radius 1 is 1.25 bits per heavy atom. The fourth-order valence-electron chi connectivity index (χ4n) is 1.63. The van der Waals surface area contributed by atoms with Gasteiger partial charge in [-0.2, -0.15) is 0 Å². The van der Waals surface area contributed by atoms with Crippen LogP contribution >= 0.6 is 0 Å². The number of carbonyl (C=O) groups is 1. The van der Waals surface area contributed by atoms with Crippen LogP contribution in [0.15, 0.2) is 36.5 Å². The third-order valence-corrected chi connectivity index (χ3v) is 2.56. The number of nitrogens with one attached hydrogen (secondary N) is 2. The maximum Gasteiger partial charge on any atom is 0.255 e. The topological polar surface area (TPSA) is 54.0 Å². The van der Waals surface area contributed by atoms with Gasteiger partial charge in [0, 0.05) is 24.4 Å². The van der Waals surface area contributed by atoms with Crippen molar-refractivity contribution in [3.63, 3.8) is 0 Å². The Morgan fingerprint density at radius 2 is 2.05 bits per heavy atom. The van der Waals surface area contributed by atoms with Gasteiger partial charge in [-0.05, 0) is 31.2 Å². The molecule has 6 heteroatoms. The number of anilines is 2. The van der Waals surface area contributed by atoms with Gasteiger partial charge in [0.05, 0.1) is 5.69 Å². The van der Waals surface area contributed by atoms with Crippen molar-refractivity contribution in [2.45, 2.75) is 6.92 Å². The van der Waals surface area contributed by atoms with E-state index in [9.17, 15) is 13.6 Å². The molecule has 1 aromatic heterocycles. The number of halogens is 2. The fourth-order valence-corrected chi connectivity index (χ4v) is 1.63. The third-order valence-electron chi connectivity index (χ3n) is 2.56. The average Bonchev–Trinajstić information content (AvgIpc) is 2.42. The molecular formula is C14H13F2N3O. The van der Waals surface area contributed by atoms with Crippen LogP contribution in [0, 0.1) is 11.6 Å². The Hall–Kier alpha value is -2.50. The molecule has 1 aromatic carbocycles. The summed E-state index contributed by atoms with van der Waals surface area (Å²) in [5.41, 5.74) is 0.262. The van der Waals surface area contributed by atoms with Crippen molar-refractivity contribution < 1.29 is 13.6 Å². The number of benzene rings is 1. The van der Waals surface area contributed by atoms with Gasteiger partial charge in [0.1, 0.15) is 17.5 Å². The second kappa shape index (κ2) is 6.10. The fraction of sp³-hybridized carbons (Fsp3) is 0.143. The van der Waals surface area contributed by atoms with Crippen LogP contribution in [0.3, 0.4) is 0 Å². The lowest BCUT2D eigenvalue weighted by molar-refractivity contribution is 0.102. The first-order valence-electron chi connectivity index (χ1n) is 6.06. The lowest BCUT2D eigenvalue weighted by Gasteiger charge is -2.08. The largest absolute Gasteiger partial charge is 0.370 e. The molecule has 104 valence electrons. The normalized spacial score (nSPS) is 10.2. The maximum atomic E-state index is 13.4. The summed E-state index contributed by atoms with van der Waals surface area (Å²) in [6.07, 6.45) is 1.48. The SMILES string of the molecule is CCNc1cc(C(=O)Nc2ccc(F)cc2F)ccn1. The summed E-state index contributed by atoms with van der Waals surface area (Å²) in [5.74, 6) is -1.45. The van der Waals surface area contributed by atoms with E-state index in [2.05, 4.69) is 15.6 Å². The van der Waals surface area contributed by atoms with Crippen LogP contribution in [0.1, 0.15) is 17.3 Å². The molecule has 0 saturated carbocycles. The van der Waals surface area contributed by atoms with Crippen molar-refractivity contribution in [3.8, 4) is 0 Å². The second-order valence-corrected chi connectivity index (χ2v) is 4.04.